The fraction of sp³-hybridized carbons (Fsp3) is 0.0800. The molecule has 1 aliphatic heterocycles. The minimum atomic E-state index is -0.704. The van der Waals surface area contributed by atoms with Crippen LogP contribution >= 0.6 is 46.6 Å². The van der Waals surface area contributed by atoms with Crippen molar-refractivity contribution in [1.82, 2.24) is 4.90 Å². The van der Waals surface area contributed by atoms with Gasteiger partial charge < -0.3 is 9.47 Å². The van der Waals surface area contributed by atoms with Crippen LogP contribution in [0, 0.1) is 0 Å². The number of benzene rings is 3. The summed E-state index contributed by atoms with van der Waals surface area (Å²) in [6.07, 6.45) is 1.52. The van der Waals surface area contributed by atoms with Crippen LogP contribution in [0.2, 0.25) is 15.1 Å². The number of methoxy groups -OCH3 is 1. The first-order chi connectivity index (χ1) is 16.8. The van der Waals surface area contributed by atoms with Gasteiger partial charge in [-0.05, 0) is 59.3 Å². The number of rotatable bonds is 6. The van der Waals surface area contributed by atoms with Gasteiger partial charge in [-0.1, -0.05) is 65.1 Å². The Bertz CT molecular complexity index is 1370. The topological polar surface area (TPSA) is 72.9 Å². The summed E-state index contributed by atoms with van der Waals surface area (Å²) < 4.78 is 10.8. The lowest BCUT2D eigenvalue weighted by Crippen LogP contribution is -2.27. The van der Waals surface area contributed by atoms with E-state index in [1.54, 1.807) is 48.5 Å². The quantitative estimate of drug-likeness (QED) is 0.186. The molecule has 1 heterocycles. The van der Waals surface area contributed by atoms with Gasteiger partial charge in [0, 0.05) is 5.02 Å². The summed E-state index contributed by atoms with van der Waals surface area (Å²) in [5, 5.41) is 0.363. The summed E-state index contributed by atoms with van der Waals surface area (Å²) in [7, 11) is 1.39. The highest BCUT2D eigenvalue weighted by Crippen LogP contribution is 2.40. The van der Waals surface area contributed by atoms with Crippen LogP contribution in [0.5, 0.6) is 11.5 Å². The van der Waals surface area contributed by atoms with E-state index in [1.807, 2.05) is 0 Å². The highest BCUT2D eigenvalue weighted by molar-refractivity contribution is 8.18. The molecular formula is C25H16Cl3NO5S. The van der Waals surface area contributed by atoms with Crippen molar-refractivity contribution in [3.05, 3.63) is 97.3 Å². The Morgan fingerprint density at radius 3 is 2.34 bits per heavy atom. The van der Waals surface area contributed by atoms with Crippen molar-refractivity contribution in [2.75, 3.05) is 7.11 Å². The first-order valence-corrected chi connectivity index (χ1v) is 12.1. The summed E-state index contributed by atoms with van der Waals surface area (Å²) in [4.78, 5) is 39.3. The van der Waals surface area contributed by atoms with Crippen LogP contribution in [0.15, 0.2) is 65.6 Å². The molecule has 0 radical (unpaired) electrons. The van der Waals surface area contributed by atoms with Gasteiger partial charge in [0.15, 0.2) is 11.5 Å². The number of carbonyl (C=O) groups is 3. The summed E-state index contributed by atoms with van der Waals surface area (Å²) >= 11 is 19.4. The average molecular weight is 549 g/mol. The highest BCUT2D eigenvalue weighted by Gasteiger charge is 2.35. The summed E-state index contributed by atoms with van der Waals surface area (Å²) in [6, 6.07) is 16.5. The molecule has 0 atom stereocenters. The number of nitrogens with zero attached hydrogens (tertiary/aromatic N) is 1. The van der Waals surface area contributed by atoms with Gasteiger partial charge in [-0.2, -0.15) is 0 Å². The zero-order chi connectivity index (χ0) is 25.1. The maximum atomic E-state index is 12.9. The normalized spacial score (nSPS) is 14.5. The monoisotopic (exact) mass is 547 g/mol. The molecule has 6 nitrogen and oxygen atoms in total. The molecule has 2 amide bonds. The van der Waals surface area contributed by atoms with E-state index in [9.17, 15) is 14.4 Å². The molecule has 4 rings (SSSR count). The fourth-order valence-electron chi connectivity index (χ4n) is 3.28. The van der Waals surface area contributed by atoms with E-state index in [-0.39, 0.29) is 38.6 Å². The lowest BCUT2D eigenvalue weighted by molar-refractivity contribution is -0.123. The van der Waals surface area contributed by atoms with Gasteiger partial charge in [0.25, 0.3) is 11.1 Å². The van der Waals surface area contributed by atoms with E-state index >= 15 is 0 Å². The summed E-state index contributed by atoms with van der Waals surface area (Å²) in [5.74, 6) is -0.990. The molecule has 178 valence electrons. The molecule has 0 aliphatic carbocycles. The Kier molecular flexibility index (Phi) is 7.72. The van der Waals surface area contributed by atoms with Crippen LogP contribution in [0.4, 0.5) is 4.79 Å². The van der Waals surface area contributed by atoms with E-state index in [2.05, 4.69) is 0 Å². The SMILES string of the molecule is COc1cc(/C=C2\SC(=O)N(Cc3ccccc3Cl)C2=O)cc(Cl)c1OC(=O)c1ccccc1Cl. The lowest BCUT2D eigenvalue weighted by Gasteiger charge is -2.13. The first-order valence-electron chi connectivity index (χ1n) is 10.1. The molecule has 1 saturated heterocycles. The molecule has 3 aromatic carbocycles. The second kappa shape index (κ2) is 10.7. The van der Waals surface area contributed by atoms with E-state index in [0.717, 1.165) is 16.7 Å². The predicted octanol–water partition coefficient (Wildman–Crippen LogP) is 7.11. The zero-order valence-electron chi connectivity index (χ0n) is 18.1. The number of thioether (sulfide) groups is 1. The summed E-state index contributed by atoms with van der Waals surface area (Å²) in [6.45, 7) is 0.0582. The van der Waals surface area contributed by atoms with Crippen molar-refractivity contribution in [1.29, 1.82) is 0 Å². The molecule has 0 spiro atoms. The molecule has 1 aliphatic rings. The first kappa shape index (κ1) is 25.1. The fourth-order valence-corrected chi connectivity index (χ4v) is 4.79. The number of halogens is 3. The van der Waals surface area contributed by atoms with E-state index in [1.165, 1.54) is 25.3 Å². The van der Waals surface area contributed by atoms with Crippen LogP contribution in [0.3, 0.4) is 0 Å². The second-order valence-corrected chi connectivity index (χ2v) is 9.48. The van der Waals surface area contributed by atoms with Gasteiger partial charge in [0.05, 0.1) is 34.2 Å². The number of amides is 2. The van der Waals surface area contributed by atoms with Crippen LogP contribution in [0.25, 0.3) is 6.08 Å². The minimum Gasteiger partial charge on any atom is -0.493 e. The van der Waals surface area contributed by atoms with Gasteiger partial charge in [-0.25, -0.2) is 4.79 Å². The van der Waals surface area contributed by atoms with Gasteiger partial charge >= 0.3 is 5.97 Å². The number of hydrogen-bond donors (Lipinski definition) is 0. The molecule has 0 unspecified atom stereocenters. The third kappa shape index (κ3) is 5.49. The molecule has 3 aromatic rings. The Hall–Kier alpha value is -2.97. The van der Waals surface area contributed by atoms with Crippen molar-refractivity contribution in [3.8, 4) is 11.5 Å². The molecule has 35 heavy (non-hydrogen) atoms. The Morgan fingerprint density at radius 1 is 0.971 bits per heavy atom. The number of ether oxygens (including phenoxy) is 2. The van der Waals surface area contributed by atoms with Crippen molar-refractivity contribution in [2.45, 2.75) is 6.54 Å². The second-order valence-electron chi connectivity index (χ2n) is 7.26. The maximum absolute atomic E-state index is 12.9. The molecule has 10 heteroatoms. The summed E-state index contributed by atoms with van der Waals surface area (Å²) in [5.41, 5.74) is 1.31. The van der Waals surface area contributed by atoms with Gasteiger partial charge in [0.1, 0.15) is 0 Å². The van der Waals surface area contributed by atoms with Crippen molar-refractivity contribution in [3.63, 3.8) is 0 Å². The molecule has 0 saturated carbocycles. The Labute approximate surface area is 220 Å². The number of carbonyl (C=O) groups excluding carboxylic acids is 3. The number of esters is 1. The molecular weight excluding hydrogens is 533 g/mol. The van der Waals surface area contributed by atoms with Crippen LogP contribution in [0.1, 0.15) is 21.5 Å². The largest absolute Gasteiger partial charge is 0.493 e. The molecule has 0 aromatic heterocycles. The number of imide groups is 1. The van der Waals surface area contributed by atoms with Crippen molar-refractivity contribution >= 4 is 69.8 Å². The van der Waals surface area contributed by atoms with Crippen LogP contribution in [-0.2, 0) is 11.3 Å². The minimum absolute atomic E-state index is 0.00283. The van der Waals surface area contributed by atoms with E-state index in [0.29, 0.717) is 16.1 Å². The van der Waals surface area contributed by atoms with Gasteiger partial charge in [-0.15, -0.1) is 0 Å². The van der Waals surface area contributed by atoms with E-state index in [4.69, 9.17) is 44.3 Å². The van der Waals surface area contributed by atoms with E-state index < -0.39 is 17.1 Å². The van der Waals surface area contributed by atoms with Crippen molar-refractivity contribution in [2.24, 2.45) is 0 Å². The third-order valence-corrected chi connectivity index (χ3v) is 6.88. The highest BCUT2D eigenvalue weighted by atomic mass is 35.5. The Balaban J connectivity index is 1.58. The standard InChI is InChI=1S/C25H16Cl3NO5S/c1-33-20-11-14(10-19(28)22(20)34-24(31)16-7-3-5-9-18(16)27)12-21-23(30)29(25(32)35-21)13-15-6-2-4-8-17(15)26/h2-12H,13H2,1H3/b21-12-. The van der Waals surface area contributed by atoms with Crippen LogP contribution in [-0.4, -0.2) is 29.1 Å². The third-order valence-electron chi connectivity index (χ3n) is 5.00. The average Bonchev–Trinajstić information content (AvgIpc) is 3.09. The smallest absolute Gasteiger partial charge is 0.345 e. The molecule has 0 N–H and O–H groups in total. The maximum Gasteiger partial charge on any atom is 0.345 e. The number of hydrogen-bond acceptors (Lipinski definition) is 6. The molecule has 1 fully saturated rings. The van der Waals surface area contributed by atoms with Gasteiger partial charge in [-0.3, -0.25) is 14.5 Å². The van der Waals surface area contributed by atoms with Crippen LogP contribution < -0.4 is 9.47 Å². The Morgan fingerprint density at radius 2 is 1.66 bits per heavy atom. The van der Waals surface area contributed by atoms with Gasteiger partial charge in [0.2, 0.25) is 0 Å². The lowest BCUT2D eigenvalue weighted by atomic mass is 10.1. The molecule has 0 bridgehead atoms. The predicted molar refractivity (Wildman–Crippen MR) is 137 cm³/mol. The van der Waals surface area contributed by atoms with Crippen molar-refractivity contribution < 1.29 is 23.9 Å². The zero-order valence-corrected chi connectivity index (χ0v) is 21.2.